The molecule has 114 valence electrons. The van der Waals surface area contributed by atoms with E-state index in [0.29, 0.717) is 16.9 Å². The maximum absolute atomic E-state index is 12.3. The van der Waals surface area contributed by atoms with E-state index in [9.17, 15) is 9.59 Å². The number of carboxylic acid groups (broad SMARTS) is 1. The zero-order valence-corrected chi connectivity index (χ0v) is 13.0. The summed E-state index contributed by atoms with van der Waals surface area (Å²) in [6.07, 6.45) is 3.07. The molecular weight excluding hydrogens is 276 g/mol. The fourth-order valence-electron chi connectivity index (χ4n) is 3.15. The van der Waals surface area contributed by atoms with Crippen LogP contribution in [0.4, 0.5) is 4.79 Å². The number of thioether (sulfide) groups is 1. The van der Waals surface area contributed by atoms with E-state index in [4.69, 9.17) is 5.11 Å². The van der Waals surface area contributed by atoms with Crippen LogP contribution in [0, 0.1) is 5.92 Å². The molecule has 6 heteroatoms. The molecule has 1 heterocycles. The van der Waals surface area contributed by atoms with Crippen LogP contribution in [0.3, 0.4) is 0 Å². The molecule has 0 bridgehead atoms. The van der Waals surface area contributed by atoms with Gasteiger partial charge in [0.15, 0.2) is 0 Å². The molecule has 0 aromatic carbocycles. The number of hydrogen-bond acceptors (Lipinski definition) is 3. The standard InChI is InChI=1S/C14H24N2O3S/c1-9-7-16(8-10(2)20-9)14(19)15-12-5-3-4-11(6-12)13(17)18/h9-12H,3-8H2,1-2H3,(H,15,19)(H,17,18). The maximum Gasteiger partial charge on any atom is 0.317 e. The van der Waals surface area contributed by atoms with Crippen molar-refractivity contribution >= 4 is 23.8 Å². The number of urea groups is 1. The highest BCUT2D eigenvalue weighted by Crippen LogP contribution is 2.26. The van der Waals surface area contributed by atoms with E-state index >= 15 is 0 Å². The molecule has 0 spiro atoms. The van der Waals surface area contributed by atoms with Crippen LogP contribution < -0.4 is 5.32 Å². The molecule has 2 rings (SSSR count). The highest BCUT2D eigenvalue weighted by Gasteiger charge is 2.31. The number of nitrogens with one attached hydrogen (secondary N) is 1. The Labute approximate surface area is 124 Å². The Morgan fingerprint density at radius 2 is 1.85 bits per heavy atom. The molecule has 4 unspecified atom stereocenters. The monoisotopic (exact) mass is 300 g/mol. The van der Waals surface area contributed by atoms with Gasteiger partial charge in [0.25, 0.3) is 0 Å². The van der Waals surface area contributed by atoms with Crippen LogP contribution >= 0.6 is 11.8 Å². The van der Waals surface area contributed by atoms with Crippen molar-refractivity contribution in [2.75, 3.05) is 13.1 Å². The second kappa shape index (κ2) is 6.70. The summed E-state index contributed by atoms with van der Waals surface area (Å²) in [6.45, 7) is 5.83. The lowest BCUT2D eigenvalue weighted by atomic mass is 9.86. The molecule has 1 aliphatic carbocycles. The Balaban J connectivity index is 1.86. The number of carbonyl (C=O) groups excluding carboxylic acids is 1. The van der Waals surface area contributed by atoms with Crippen LogP contribution in [0.1, 0.15) is 39.5 Å². The van der Waals surface area contributed by atoms with E-state index in [-0.39, 0.29) is 18.0 Å². The molecule has 2 aliphatic rings. The minimum atomic E-state index is -0.736. The lowest BCUT2D eigenvalue weighted by molar-refractivity contribution is -0.143. The van der Waals surface area contributed by atoms with Crippen LogP contribution in [0.15, 0.2) is 0 Å². The van der Waals surface area contributed by atoms with Crippen molar-refractivity contribution in [1.82, 2.24) is 10.2 Å². The number of aliphatic carboxylic acids is 1. The third-order valence-corrected chi connectivity index (χ3v) is 5.29. The number of nitrogens with zero attached hydrogens (tertiary/aromatic N) is 1. The van der Waals surface area contributed by atoms with Gasteiger partial charge in [-0.15, -0.1) is 0 Å². The van der Waals surface area contributed by atoms with Crippen molar-refractivity contribution in [3.05, 3.63) is 0 Å². The van der Waals surface area contributed by atoms with Gasteiger partial charge < -0.3 is 15.3 Å². The van der Waals surface area contributed by atoms with Crippen molar-refractivity contribution in [1.29, 1.82) is 0 Å². The smallest absolute Gasteiger partial charge is 0.317 e. The fraction of sp³-hybridized carbons (Fsp3) is 0.857. The quantitative estimate of drug-likeness (QED) is 0.820. The Hall–Kier alpha value is -0.910. The minimum absolute atomic E-state index is 0.0116. The van der Waals surface area contributed by atoms with Gasteiger partial charge in [0.05, 0.1) is 5.92 Å². The summed E-state index contributed by atoms with van der Waals surface area (Å²) in [5.74, 6) is -1.04. The van der Waals surface area contributed by atoms with Gasteiger partial charge in [-0.1, -0.05) is 20.3 Å². The molecule has 5 nitrogen and oxygen atoms in total. The number of carbonyl (C=O) groups is 2. The SMILES string of the molecule is CC1CN(C(=O)NC2CCCC(C(=O)O)C2)CC(C)S1. The van der Waals surface area contributed by atoms with Gasteiger partial charge >= 0.3 is 12.0 Å². The van der Waals surface area contributed by atoms with Gasteiger partial charge in [-0.3, -0.25) is 4.79 Å². The van der Waals surface area contributed by atoms with Crippen LogP contribution in [-0.2, 0) is 4.79 Å². The molecule has 0 radical (unpaired) electrons. The van der Waals surface area contributed by atoms with E-state index < -0.39 is 5.97 Å². The molecule has 2 amide bonds. The predicted molar refractivity (Wildman–Crippen MR) is 80.0 cm³/mol. The Bertz CT molecular complexity index is 367. The maximum atomic E-state index is 12.3. The van der Waals surface area contributed by atoms with E-state index in [1.807, 2.05) is 16.7 Å². The highest BCUT2D eigenvalue weighted by atomic mass is 32.2. The van der Waals surface area contributed by atoms with Crippen molar-refractivity contribution in [3.8, 4) is 0 Å². The molecule has 4 atom stereocenters. The summed E-state index contributed by atoms with van der Waals surface area (Å²) in [5.41, 5.74) is 0. The lowest BCUT2D eigenvalue weighted by Crippen LogP contribution is -2.52. The fourth-order valence-corrected chi connectivity index (χ4v) is 4.48. The van der Waals surface area contributed by atoms with E-state index in [1.165, 1.54) is 0 Å². The molecule has 0 aromatic heterocycles. The largest absolute Gasteiger partial charge is 0.481 e. The first-order valence-electron chi connectivity index (χ1n) is 7.39. The second-order valence-electron chi connectivity index (χ2n) is 6.01. The molecule has 1 aliphatic heterocycles. The summed E-state index contributed by atoms with van der Waals surface area (Å²) in [7, 11) is 0. The summed E-state index contributed by atoms with van der Waals surface area (Å²) < 4.78 is 0. The molecule has 2 N–H and O–H groups in total. The molecule has 2 fully saturated rings. The first-order valence-corrected chi connectivity index (χ1v) is 8.33. The van der Waals surface area contributed by atoms with Crippen LogP contribution in [-0.4, -0.2) is 51.6 Å². The van der Waals surface area contributed by atoms with Crippen molar-refractivity contribution in [2.45, 2.75) is 56.1 Å². The van der Waals surface area contributed by atoms with Crippen LogP contribution in [0.2, 0.25) is 0 Å². The third-order valence-electron chi connectivity index (χ3n) is 4.06. The Morgan fingerprint density at radius 3 is 2.45 bits per heavy atom. The average Bonchev–Trinajstić information content (AvgIpc) is 2.37. The third kappa shape index (κ3) is 4.04. The van der Waals surface area contributed by atoms with Gasteiger partial charge in [-0.05, 0) is 19.3 Å². The molecule has 1 saturated carbocycles. The topological polar surface area (TPSA) is 69.6 Å². The van der Waals surface area contributed by atoms with Gasteiger partial charge in [-0.25, -0.2) is 4.79 Å². The van der Waals surface area contributed by atoms with Gasteiger partial charge in [-0.2, -0.15) is 11.8 Å². The second-order valence-corrected chi connectivity index (χ2v) is 7.89. The summed E-state index contributed by atoms with van der Waals surface area (Å²) in [6, 6.07) is -0.0161. The van der Waals surface area contributed by atoms with Crippen molar-refractivity contribution in [2.24, 2.45) is 5.92 Å². The summed E-state index contributed by atoms with van der Waals surface area (Å²) >= 11 is 1.91. The van der Waals surface area contributed by atoms with Crippen LogP contribution in [0.25, 0.3) is 0 Å². The number of amides is 2. The summed E-state index contributed by atoms with van der Waals surface area (Å²) in [5, 5.41) is 13.0. The van der Waals surface area contributed by atoms with Gasteiger partial charge in [0, 0.05) is 29.6 Å². The van der Waals surface area contributed by atoms with Gasteiger partial charge in [0.2, 0.25) is 0 Å². The molecule has 0 aromatic rings. The lowest BCUT2D eigenvalue weighted by Gasteiger charge is -2.36. The normalized spacial score (nSPS) is 34.6. The van der Waals surface area contributed by atoms with Gasteiger partial charge in [0.1, 0.15) is 0 Å². The van der Waals surface area contributed by atoms with E-state index in [1.54, 1.807) is 0 Å². The van der Waals surface area contributed by atoms with E-state index in [2.05, 4.69) is 19.2 Å². The first kappa shape index (κ1) is 15.5. The van der Waals surface area contributed by atoms with E-state index in [0.717, 1.165) is 32.4 Å². The number of hydrogen-bond donors (Lipinski definition) is 2. The van der Waals surface area contributed by atoms with Crippen LogP contribution in [0.5, 0.6) is 0 Å². The highest BCUT2D eigenvalue weighted by molar-refractivity contribution is 8.00. The van der Waals surface area contributed by atoms with Crippen molar-refractivity contribution < 1.29 is 14.7 Å². The Morgan fingerprint density at radius 1 is 1.20 bits per heavy atom. The zero-order chi connectivity index (χ0) is 14.7. The predicted octanol–water partition coefficient (Wildman–Crippen LogP) is 2.17. The Kier molecular flexibility index (Phi) is 5.18. The zero-order valence-electron chi connectivity index (χ0n) is 12.2. The van der Waals surface area contributed by atoms with Crippen molar-refractivity contribution in [3.63, 3.8) is 0 Å². The summed E-state index contributed by atoms with van der Waals surface area (Å²) in [4.78, 5) is 25.2. The molecule has 20 heavy (non-hydrogen) atoms. The minimum Gasteiger partial charge on any atom is -0.481 e. The molecule has 1 saturated heterocycles. The average molecular weight is 300 g/mol. The first-order chi connectivity index (χ1) is 9.45. The number of rotatable bonds is 2. The molecular formula is C14H24N2O3S. The number of carboxylic acids is 1.